The first-order valence-electron chi connectivity index (χ1n) is 7.99. The van der Waals surface area contributed by atoms with Crippen LogP contribution in [0.25, 0.3) is 0 Å². The van der Waals surface area contributed by atoms with Gasteiger partial charge in [0.25, 0.3) is 0 Å². The second-order valence-electron chi connectivity index (χ2n) is 5.14. The molecule has 0 bridgehead atoms. The number of aromatic nitrogens is 3. The van der Waals surface area contributed by atoms with Crippen molar-refractivity contribution in [2.24, 2.45) is 0 Å². The van der Waals surface area contributed by atoms with Crippen molar-refractivity contribution < 1.29 is 4.74 Å². The first-order valence-corrected chi connectivity index (χ1v) is 7.99. The van der Waals surface area contributed by atoms with Crippen LogP contribution in [-0.4, -0.2) is 41.2 Å². The summed E-state index contributed by atoms with van der Waals surface area (Å²) in [6, 6.07) is 0.790. The lowest BCUT2D eigenvalue weighted by Crippen LogP contribution is -2.35. The molecule has 6 nitrogen and oxygen atoms in total. The molecule has 1 unspecified atom stereocenters. The van der Waals surface area contributed by atoms with E-state index in [4.69, 9.17) is 4.74 Å². The highest BCUT2D eigenvalue weighted by atomic mass is 16.5. The fraction of sp³-hybridized carbons (Fsp3) is 0.800. The summed E-state index contributed by atoms with van der Waals surface area (Å²) in [7, 11) is 1.81. The molecule has 0 aliphatic rings. The molecule has 0 saturated carbocycles. The summed E-state index contributed by atoms with van der Waals surface area (Å²) < 4.78 is 5.58. The van der Waals surface area contributed by atoms with Crippen LogP contribution in [0.4, 0.5) is 11.9 Å². The van der Waals surface area contributed by atoms with Gasteiger partial charge in [0.05, 0.1) is 6.61 Å². The van der Waals surface area contributed by atoms with Gasteiger partial charge in [-0.05, 0) is 26.2 Å². The molecule has 120 valence electrons. The molecule has 21 heavy (non-hydrogen) atoms. The van der Waals surface area contributed by atoms with Crippen LogP contribution >= 0.6 is 0 Å². The molecule has 1 rings (SSSR count). The molecule has 1 aromatic heterocycles. The second-order valence-corrected chi connectivity index (χ2v) is 5.14. The maximum absolute atomic E-state index is 5.58. The summed E-state index contributed by atoms with van der Waals surface area (Å²) in [6.07, 6.45) is 4.25. The maximum Gasteiger partial charge on any atom is 0.323 e. The Morgan fingerprint density at radius 1 is 1.14 bits per heavy atom. The van der Waals surface area contributed by atoms with Crippen molar-refractivity contribution in [1.29, 1.82) is 0 Å². The first kappa shape index (κ1) is 17.5. The third-order valence-electron chi connectivity index (χ3n) is 3.39. The molecule has 0 aliphatic heterocycles. The summed E-state index contributed by atoms with van der Waals surface area (Å²) in [5.74, 6) is 1.25. The zero-order valence-electron chi connectivity index (χ0n) is 14.0. The summed E-state index contributed by atoms with van der Waals surface area (Å²) in [6.45, 7) is 10.2. The quantitative estimate of drug-likeness (QED) is 0.715. The van der Waals surface area contributed by atoms with E-state index in [-0.39, 0.29) is 0 Å². The van der Waals surface area contributed by atoms with Gasteiger partial charge in [-0.3, -0.25) is 0 Å². The second kappa shape index (κ2) is 9.37. The Kier molecular flexibility index (Phi) is 7.79. The Labute approximate surface area is 128 Å². The molecule has 0 radical (unpaired) electrons. The molecular weight excluding hydrogens is 266 g/mol. The minimum Gasteiger partial charge on any atom is -0.463 e. The Balaban J connectivity index is 3.03. The number of rotatable bonds is 10. The van der Waals surface area contributed by atoms with E-state index < -0.39 is 0 Å². The molecule has 0 amide bonds. The van der Waals surface area contributed by atoms with Gasteiger partial charge in [0.15, 0.2) is 0 Å². The number of unbranched alkanes of at least 4 members (excludes halogenated alkanes) is 1. The van der Waals surface area contributed by atoms with Crippen LogP contribution in [0.15, 0.2) is 0 Å². The number of hydrogen-bond donors (Lipinski definition) is 1. The van der Waals surface area contributed by atoms with Crippen molar-refractivity contribution in [3.8, 4) is 6.01 Å². The first-order chi connectivity index (χ1) is 10.2. The summed E-state index contributed by atoms with van der Waals surface area (Å²) in [5, 5.41) is 2.98. The monoisotopic (exact) mass is 295 g/mol. The number of nitrogens with one attached hydrogen (secondary N) is 1. The van der Waals surface area contributed by atoms with Gasteiger partial charge in [-0.25, -0.2) is 0 Å². The van der Waals surface area contributed by atoms with E-state index >= 15 is 0 Å². The van der Waals surface area contributed by atoms with Crippen molar-refractivity contribution in [2.75, 3.05) is 30.4 Å². The SMILES string of the molecule is CCCCN(c1nc(NC)nc(OCCC)n1)C(C)CC. The molecule has 0 aromatic carbocycles. The highest BCUT2D eigenvalue weighted by Gasteiger charge is 2.18. The van der Waals surface area contributed by atoms with Crippen LogP contribution in [0.5, 0.6) is 6.01 Å². The fourth-order valence-corrected chi connectivity index (χ4v) is 1.91. The fourth-order valence-electron chi connectivity index (χ4n) is 1.91. The summed E-state index contributed by atoms with van der Waals surface area (Å²) in [4.78, 5) is 15.5. The average molecular weight is 295 g/mol. The van der Waals surface area contributed by atoms with Gasteiger partial charge in [0.2, 0.25) is 11.9 Å². The third-order valence-corrected chi connectivity index (χ3v) is 3.39. The van der Waals surface area contributed by atoms with E-state index in [0.29, 0.717) is 30.6 Å². The molecule has 1 atom stereocenters. The predicted molar refractivity (Wildman–Crippen MR) is 87.2 cm³/mol. The summed E-state index contributed by atoms with van der Waals surface area (Å²) in [5.41, 5.74) is 0. The Hall–Kier alpha value is -1.59. The smallest absolute Gasteiger partial charge is 0.323 e. The van der Waals surface area contributed by atoms with Crippen molar-refractivity contribution in [3.05, 3.63) is 0 Å². The van der Waals surface area contributed by atoms with Gasteiger partial charge in [-0.1, -0.05) is 27.2 Å². The van der Waals surface area contributed by atoms with E-state index in [1.165, 1.54) is 0 Å². The highest BCUT2D eigenvalue weighted by Crippen LogP contribution is 2.19. The van der Waals surface area contributed by atoms with E-state index in [0.717, 1.165) is 32.2 Å². The topological polar surface area (TPSA) is 63.2 Å². The van der Waals surface area contributed by atoms with Gasteiger partial charge in [-0.2, -0.15) is 15.0 Å². The van der Waals surface area contributed by atoms with Gasteiger partial charge in [0, 0.05) is 19.6 Å². The van der Waals surface area contributed by atoms with Crippen LogP contribution in [0.2, 0.25) is 0 Å². The number of nitrogens with zero attached hydrogens (tertiary/aromatic N) is 4. The van der Waals surface area contributed by atoms with Crippen molar-refractivity contribution in [3.63, 3.8) is 0 Å². The van der Waals surface area contributed by atoms with Crippen LogP contribution in [-0.2, 0) is 0 Å². The van der Waals surface area contributed by atoms with Crippen LogP contribution in [0, 0.1) is 0 Å². The Bertz CT molecular complexity index is 413. The van der Waals surface area contributed by atoms with E-state index in [2.05, 4.69) is 52.9 Å². The number of ether oxygens (including phenoxy) is 1. The van der Waals surface area contributed by atoms with Gasteiger partial charge in [0.1, 0.15) is 0 Å². The molecule has 0 fully saturated rings. The predicted octanol–water partition coefficient (Wildman–Crippen LogP) is 3.11. The maximum atomic E-state index is 5.58. The van der Waals surface area contributed by atoms with Crippen molar-refractivity contribution >= 4 is 11.9 Å². The number of hydrogen-bond acceptors (Lipinski definition) is 6. The van der Waals surface area contributed by atoms with Gasteiger partial charge < -0.3 is 15.0 Å². The highest BCUT2D eigenvalue weighted by molar-refractivity contribution is 5.38. The summed E-state index contributed by atoms with van der Waals surface area (Å²) >= 11 is 0. The minimum atomic E-state index is 0.391. The molecule has 1 heterocycles. The van der Waals surface area contributed by atoms with Crippen molar-refractivity contribution in [2.45, 2.75) is 59.4 Å². The standard InChI is InChI=1S/C15H29N5O/c1-6-9-10-20(12(4)8-3)14-17-13(16-5)18-15(19-14)21-11-7-2/h12H,6-11H2,1-5H3,(H,16,17,18,19). The van der Waals surface area contributed by atoms with E-state index in [1.807, 2.05) is 7.05 Å². The van der Waals surface area contributed by atoms with Crippen molar-refractivity contribution in [1.82, 2.24) is 15.0 Å². The third kappa shape index (κ3) is 5.36. The van der Waals surface area contributed by atoms with Crippen LogP contribution < -0.4 is 15.0 Å². The molecule has 0 aliphatic carbocycles. The molecule has 1 N–H and O–H groups in total. The van der Waals surface area contributed by atoms with Crippen LogP contribution in [0.1, 0.15) is 53.4 Å². The van der Waals surface area contributed by atoms with Gasteiger partial charge >= 0.3 is 6.01 Å². The Morgan fingerprint density at radius 3 is 2.48 bits per heavy atom. The van der Waals surface area contributed by atoms with E-state index in [1.54, 1.807) is 0 Å². The molecule has 6 heteroatoms. The molecule has 0 spiro atoms. The molecule has 0 saturated heterocycles. The normalized spacial score (nSPS) is 12.0. The number of anilines is 2. The molecule has 1 aromatic rings. The minimum absolute atomic E-state index is 0.391. The average Bonchev–Trinajstić information content (AvgIpc) is 2.52. The zero-order chi connectivity index (χ0) is 15.7. The lowest BCUT2D eigenvalue weighted by molar-refractivity contribution is 0.291. The van der Waals surface area contributed by atoms with Gasteiger partial charge in [-0.15, -0.1) is 0 Å². The Morgan fingerprint density at radius 2 is 1.90 bits per heavy atom. The van der Waals surface area contributed by atoms with Crippen LogP contribution in [0.3, 0.4) is 0 Å². The lowest BCUT2D eigenvalue weighted by Gasteiger charge is -2.28. The zero-order valence-corrected chi connectivity index (χ0v) is 14.0. The lowest BCUT2D eigenvalue weighted by atomic mass is 10.2. The largest absolute Gasteiger partial charge is 0.463 e. The molecular formula is C15H29N5O. The van der Waals surface area contributed by atoms with E-state index in [9.17, 15) is 0 Å².